The second kappa shape index (κ2) is 6.30. The van der Waals surface area contributed by atoms with Crippen LogP contribution in [-0.4, -0.2) is 29.9 Å². The van der Waals surface area contributed by atoms with Crippen molar-refractivity contribution in [1.29, 1.82) is 0 Å². The Kier molecular flexibility index (Phi) is 4.49. The predicted molar refractivity (Wildman–Crippen MR) is 96.7 cm³/mol. The average molecular weight is 346 g/mol. The first-order chi connectivity index (χ1) is 11.3. The van der Waals surface area contributed by atoms with Crippen molar-refractivity contribution in [2.75, 3.05) is 13.1 Å². The molecular formula is C19H23FN2OS. The number of hydrogen-bond acceptors (Lipinski definition) is 3. The Hall–Kier alpha value is -1.72. The van der Waals surface area contributed by atoms with Gasteiger partial charge in [0.1, 0.15) is 5.82 Å². The number of piperidine rings is 1. The van der Waals surface area contributed by atoms with Crippen LogP contribution in [0.3, 0.4) is 0 Å². The van der Waals surface area contributed by atoms with Crippen molar-refractivity contribution in [3.05, 3.63) is 45.9 Å². The fourth-order valence-electron chi connectivity index (χ4n) is 3.21. The van der Waals surface area contributed by atoms with E-state index in [9.17, 15) is 9.18 Å². The summed E-state index contributed by atoms with van der Waals surface area (Å²) in [5.74, 6) is -0.189. The number of nitrogens with zero attached hydrogens (tertiary/aromatic N) is 1. The number of carbonyl (C=O) groups is 1. The van der Waals surface area contributed by atoms with Gasteiger partial charge in [0, 0.05) is 24.0 Å². The molecule has 1 aromatic heterocycles. The molecule has 0 bridgehead atoms. The van der Waals surface area contributed by atoms with Crippen LogP contribution in [0.1, 0.15) is 34.8 Å². The smallest absolute Gasteiger partial charge is 0.263 e. The van der Waals surface area contributed by atoms with Crippen LogP contribution < -0.4 is 5.73 Å². The Morgan fingerprint density at radius 1 is 1.33 bits per heavy atom. The van der Waals surface area contributed by atoms with Crippen LogP contribution in [0, 0.1) is 18.2 Å². The third-order valence-corrected chi connectivity index (χ3v) is 5.92. The quantitative estimate of drug-likeness (QED) is 0.891. The standard InChI is InChI=1S/C19H23FN2OS/c1-12-15(13-4-6-14(20)7-5-13)10-16(24-12)18(23)22-9-8-17(21)19(2,3)11-22/h4-7,10,17H,8-9,11,21H2,1-3H3. The van der Waals surface area contributed by atoms with Crippen molar-refractivity contribution in [2.45, 2.75) is 33.2 Å². The molecule has 2 N–H and O–H groups in total. The average Bonchev–Trinajstić information content (AvgIpc) is 2.92. The van der Waals surface area contributed by atoms with Crippen molar-refractivity contribution in [2.24, 2.45) is 11.1 Å². The zero-order valence-corrected chi connectivity index (χ0v) is 15.1. The maximum Gasteiger partial charge on any atom is 0.263 e. The van der Waals surface area contributed by atoms with E-state index in [4.69, 9.17) is 5.73 Å². The van der Waals surface area contributed by atoms with Gasteiger partial charge in [-0.3, -0.25) is 4.79 Å². The molecule has 0 aliphatic carbocycles. The highest BCUT2D eigenvalue weighted by Gasteiger charge is 2.36. The summed E-state index contributed by atoms with van der Waals surface area (Å²) in [6.07, 6.45) is 0.827. The number of benzene rings is 1. The third-order valence-electron chi connectivity index (χ3n) is 4.88. The van der Waals surface area contributed by atoms with Gasteiger partial charge in [0.05, 0.1) is 4.88 Å². The summed E-state index contributed by atoms with van der Waals surface area (Å²) >= 11 is 1.50. The molecule has 1 aliphatic heterocycles. The second-order valence-corrected chi connectivity index (χ2v) is 8.45. The Balaban J connectivity index is 1.84. The second-order valence-electron chi connectivity index (χ2n) is 7.20. The number of rotatable bonds is 2. The molecule has 5 heteroatoms. The molecule has 2 aromatic rings. The molecule has 24 heavy (non-hydrogen) atoms. The molecule has 0 saturated carbocycles. The summed E-state index contributed by atoms with van der Waals surface area (Å²) in [4.78, 5) is 16.6. The minimum atomic E-state index is -0.255. The lowest BCUT2D eigenvalue weighted by molar-refractivity contribution is 0.0537. The number of hydrogen-bond donors (Lipinski definition) is 1. The summed E-state index contributed by atoms with van der Waals surface area (Å²) in [6.45, 7) is 7.60. The van der Waals surface area contributed by atoms with Gasteiger partial charge in [-0.05, 0) is 48.1 Å². The maximum atomic E-state index is 13.1. The van der Waals surface area contributed by atoms with Gasteiger partial charge in [-0.25, -0.2) is 4.39 Å². The SMILES string of the molecule is Cc1sc(C(=O)N2CCC(N)C(C)(C)C2)cc1-c1ccc(F)cc1. The number of nitrogens with two attached hydrogens (primary N) is 1. The fourth-order valence-corrected chi connectivity index (χ4v) is 4.22. The first kappa shape index (κ1) is 17.1. The Labute approximate surface area is 146 Å². The molecular weight excluding hydrogens is 323 g/mol. The van der Waals surface area contributed by atoms with Crippen LogP contribution in [0.5, 0.6) is 0 Å². The molecule has 3 rings (SSSR count). The third kappa shape index (κ3) is 3.23. The van der Waals surface area contributed by atoms with Gasteiger partial charge in [-0.15, -0.1) is 11.3 Å². The normalized spacial score (nSPS) is 20.2. The van der Waals surface area contributed by atoms with E-state index in [0.29, 0.717) is 13.1 Å². The molecule has 3 nitrogen and oxygen atoms in total. The first-order valence-electron chi connectivity index (χ1n) is 8.19. The fraction of sp³-hybridized carbons (Fsp3) is 0.421. The van der Waals surface area contributed by atoms with Crippen LogP contribution in [0.25, 0.3) is 11.1 Å². The van der Waals surface area contributed by atoms with E-state index in [0.717, 1.165) is 27.3 Å². The number of carbonyl (C=O) groups excluding carboxylic acids is 1. The highest BCUT2D eigenvalue weighted by Crippen LogP contribution is 2.34. The predicted octanol–water partition coefficient (Wildman–Crippen LogP) is 4.06. The lowest BCUT2D eigenvalue weighted by Gasteiger charge is -2.42. The first-order valence-corrected chi connectivity index (χ1v) is 9.01. The van der Waals surface area contributed by atoms with Crippen LogP contribution in [0.4, 0.5) is 4.39 Å². The van der Waals surface area contributed by atoms with E-state index in [-0.39, 0.29) is 23.2 Å². The molecule has 1 fully saturated rings. The van der Waals surface area contributed by atoms with Gasteiger partial charge in [-0.1, -0.05) is 26.0 Å². The van der Waals surface area contributed by atoms with Crippen molar-refractivity contribution >= 4 is 17.2 Å². The topological polar surface area (TPSA) is 46.3 Å². The lowest BCUT2D eigenvalue weighted by atomic mass is 9.79. The summed E-state index contributed by atoms with van der Waals surface area (Å²) in [5.41, 5.74) is 8.03. The number of thiophene rings is 1. The van der Waals surface area contributed by atoms with E-state index in [1.54, 1.807) is 12.1 Å². The van der Waals surface area contributed by atoms with Crippen LogP contribution >= 0.6 is 11.3 Å². The Bertz CT molecular complexity index is 751. The van der Waals surface area contributed by atoms with E-state index in [1.165, 1.54) is 23.5 Å². The van der Waals surface area contributed by atoms with Gasteiger partial charge in [0.2, 0.25) is 0 Å². The molecule has 0 spiro atoms. The molecule has 1 atom stereocenters. The van der Waals surface area contributed by atoms with Crippen molar-refractivity contribution < 1.29 is 9.18 Å². The van der Waals surface area contributed by atoms with Crippen molar-refractivity contribution in [3.63, 3.8) is 0 Å². The van der Waals surface area contributed by atoms with E-state index >= 15 is 0 Å². The van der Waals surface area contributed by atoms with E-state index in [2.05, 4.69) is 13.8 Å². The minimum absolute atomic E-state index is 0.0661. The largest absolute Gasteiger partial charge is 0.337 e. The van der Waals surface area contributed by atoms with Gasteiger partial charge < -0.3 is 10.6 Å². The molecule has 1 aromatic carbocycles. The monoisotopic (exact) mass is 346 g/mol. The number of likely N-dealkylation sites (tertiary alicyclic amines) is 1. The van der Waals surface area contributed by atoms with Gasteiger partial charge in [0.25, 0.3) is 5.91 Å². The molecule has 2 heterocycles. The number of aryl methyl sites for hydroxylation is 1. The van der Waals surface area contributed by atoms with Crippen molar-refractivity contribution in [1.82, 2.24) is 4.90 Å². The molecule has 1 saturated heterocycles. The highest BCUT2D eigenvalue weighted by molar-refractivity contribution is 7.14. The van der Waals surface area contributed by atoms with Gasteiger partial charge in [0.15, 0.2) is 0 Å². The molecule has 1 unspecified atom stereocenters. The Morgan fingerprint density at radius 2 is 2.00 bits per heavy atom. The summed E-state index contributed by atoms with van der Waals surface area (Å²) in [6, 6.07) is 8.45. The summed E-state index contributed by atoms with van der Waals surface area (Å²) < 4.78 is 13.1. The Morgan fingerprint density at radius 3 is 2.62 bits per heavy atom. The number of amides is 1. The molecule has 1 aliphatic rings. The molecule has 1 amide bonds. The molecule has 128 valence electrons. The van der Waals surface area contributed by atoms with Gasteiger partial charge in [-0.2, -0.15) is 0 Å². The number of halogens is 1. The van der Waals surface area contributed by atoms with Crippen LogP contribution in [0.2, 0.25) is 0 Å². The maximum absolute atomic E-state index is 13.1. The van der Waals surface area contributed by atoms with E-state index < -0.39 is 0 Å². The summed E-state index contributed by atoms with van der Waals surface area (Å²) in [5, 5.41) is 0. The summed E-state index contributed by atoms with van der Waals surface area (Å²) in [7, 11) is 0. The zero-order chi connectivity index (χ0) is 17.5. The zero-order valence-electron chi connectivity index (χ0n) is 14.3. The van der Waals surface area contributed by atoms with Gasteiger partial charge >= 0.3 is 0 Å². The van der Waals surface area contributed by atoms with Crippen molar-refractivity contribution in [3.8, 4) is 11.1 Å². The van der Waals surface area contributed by atoms with Crippen LogP contribution in [0.15, 0.2) is 30.3 Å². The minimum Gasteiger partial charge on any atom is -0.337 e. The molecule has 0 radical (unpaired) electrons. The lowest BCUT2D eigenvalue weighted by Crippen LogP contribution is -2.53. The highest BCUT2D eigenvalue weighted by atomic mass is 32.1. The van der Waals surface area contributed by atoms with E-state index in [1.807, 2.05) is 17.9 Å². The van der Waals surface area contributed by atoms with Crippen LogP contribution in [-0.2, 0) is 0 Å².